The number of rotatable bonds is 5. The van der Waals surface area contributed by atoms with E-state index in [1.54, 1.807) is 6.07 Å². The van der Waals surface area contributed by atoms with Gasteiger partial charge in [0.05, 0.1) is 5.69 Å². The Balaban J connectivity index is 2.82. The van der Waals surface area contributed by atoms with E-state index in [-0.39, 0.29) is 11.6 Å². The number of halogens is 1. The fourth-order valence-corrected chi connectivity index (χ4v) is 1.63. The quantitative estimate of drug-likeness (QED) is 0.760. The SMILES string of the molecule is CC[C@H](C)[C@H](NC(N)=O)C(=O)Nc1ccccc1F. The molecule has 2 atom stereocenters. The second-order valence-corrected chi connectivity index (χ2v) is 4.34. The van der Waals surface area contributed by atoms with Crippen LogP contribution >= 0.6 is 0 Å². The maximum absolute atomic E-state index is 13.4. The number of carbonyl (C=O) groups excluding carboxylic acids is 2. The Kier molecular flexibility index (Phi) is 5.29. The highest BCUT2D eigenvalue weighted by Gasteiger charge is 2.25. The predicted molar refractivity (Wildman–Crippen MR) is 71.0 cm³/mol. The molecule has 0 aliphatic carbocycles. The van der Waals surface area contributed by atoms with Crippen LogP contribution in [0.4, 0.5) is 14.9 Å². The lowest BCUT2D eigenvalue weighted by atomic mass is 9.98. The van der Waals surface area contributed by atoms with Gasteiger partial charge in [-0.25, -0.2) is 9.18 Å². The van der Waals surface area contributed by atoms with Gasteiger partial charge in [-0.3, -0.25) is 4.79 Å². The number of urea groups is 1. The third-order valence-electron chi connectivity index (χ3n) is 2.92. The van der Waals surface area contributed by atoms with Crippen LogP contribution in [0.5, 0.6) is 0 Å². The van der Waals surface area contributed by atoms with E-state index in [1.807, 2.05) is 13.8 Å². The number of nitrogens with two attached hydrogens (primary N) is 1. The number of nitrogens with one attached hydrogen (secondary N) is 2. The molecule has 1 aromatic carbocycles. The van der Waals surface area contributed by atoms with Crippen molar-refractivity contribution in [2.24, 2.45) is 11.7 Å². The van der Waals surface area contributed by atoms with Crippen LogP contribution in [0.15, 0.2) is 24.3 Å². The summed E-state index contributed by atoms with van der Waals surface area (Å²) in [7, 11) is 0. The molecule has 19 heavy (non-hydrogen) atoms. The number of carbonyl (C=O) groups is 2. The average molecular weight is 267 g/mol. The van der Waals surface area contributed by atoms with Crippen molar-refractivity contribution in [1.29, 1.82) is 0 Å². The minimum Gasteiger partial charge on any atom is -0.352 e. The zero-order valence-corrected chi connectivity index (χ0v) is 10.9. The molecule has 0 bridgehead atoms. The molecule has 0 aliphatic heterocycles. The third kappa shape index (κ3) is 4.24. The van der Waals surface area contributed by atoms with Crippen molar-refractivity contribution in [2.75, 3.05) is 5.32 Å². The first-order chi connectivity index (χ1) is 8.95. The molecule has 0 heterocycles. The molecule has 0 spiro atoms. The molecule has 1 aromatic rings. The van der Waals surface area contributed by atoms with Crippen molar-refractivity contribution < 1.29 is 14.0 Å². The molecule has 0 unspecified atom stereocenters. The van der Waals surface area contributed by atoms with E-state index in [0.29, 0.717) is 6.42 Å². The monoisotopic (exact) mass is 267 g/mol. The van der Waals surface area contributed by atoms with Gasteiger partial charge in [-0.05, 0) is 18.1 Å². The van der Waals surface area contributed by atoms with E-state index < -0.39 is 23.8 Å². The standard InChI is InChI=1S/C13H18FN3O2/c1-3-8(2)11(17-13(15)19)12(18)16-10-7-5-4-6-9(10)14/h4-8,11H,3H2,1-2H3,(H,16,18)(H3,15,17,19)/t8-,11-/m0/s1. The molecule has 0 aliphatic rings. The van der Waals surface area contributed by atoms with Crippen LogP contribution in [-0.4, -0.2) is 18.0 Å². The molecule has 4 N–H and O–H groups in total. The Morgan fingerprint density at radius 1 is 1.37 bits per heavy atom. The Morgan fingerprint density at radius 2 is 2.00 bits per heavy atom. The lowest BCUT2D eigenvalue weighted by Gasteiger charge is -2.22. The van der Waals surface area contributed by atoms with Gasteiger partial charge in [0.2, 0.25) is 5.91 Å². The number of benzene rings is 1. The van der Waals surface area contributed by atoms with Gasteiger partial charge < -0.3 is 16.4 Å². The fourth-order valence-electron chi connectivity index (χ4n) is 1.63. The number of para-hydroxylation sites is 1. The van der Waals surface area contributed by atoms with E-state index in [9.17, 15) is 14.0 Å². The summed E-state index contributed by atoms with van der Waals surface area (Å²) in [5.41, 5.74) is 5.12. The van der Waals surface area contributed by atoms with Gasteiger partial charge >= 0.3 is 6.03 Å². The first-order valence-corrected chi connectivity index (χ1v) is 6.07. The van der Waals surface area contributed by atoms with Crippen molar-refractivity contribution in [3.05, 3.63) is 30.1 Å². The van der Waals surface area contributed by atoms with Gasteiger partial charge in [0.15, 0.2) is 0 Å². The molecule has 6 heteroatoms. The van der Waals surface area contributed by atoms with Crippen LogP contribution < -0.4 is 16.4 Å². The summed E-state index contributed by atoms with van der Waals surface area (Å²) in [4.78, 5) is 23.0. The smallest absolute Gasteiger partial charge is 0.312 e. The minimum absolute atomic E-state index is 0.0760. The van der Waals surface area contributed by atoms with Gasteiger partial charge in [-0.1, -0.05) is 32.4 Å². The molecule has 5 nitrogen and oxygen atoms in total. The minimum atomic E-state index is -0.790. The summed E-state index contributed by atoms with van der Waals surface area (Å²) < 4.78 is 13.4. The maximum Gasteiger partial charge on any atom is 0.312 e. The topological polar surface area (TPSA) is 84.2 Å². The maximum atomic E-state index is 13.4. The van der Waals surface area contributed by atoms with E-state index in [2.05, 4.69) is 10.6 Å². The summed E-state index contributed by atoms with van der Waals surface area (Å²) in [6.07, 6.45) is 0.676. The van der Waals surface area contributed by atoms with Gasteiger partial charge in [-0.2, -0.15) is 0 Å². The number of primary amides is 1. The first-order valence-electron chi connectivity index (χ1n) is 6.07. The van der Waals surface area contributed by atoms with Gasteiger partial charge in [0.1, 0.15) is 11.9 Å². The van der Waals surface area contributed by atoms with Crippen LogP contribution in [0, 0.1) is 11.7 Å². The lowest BCUT2D eigenvalue weighted by molar-refractivity contribution is -0.119. The number of amides is 3. The van der Waals surface area contributed by atoms with Gasteiger partial charge in [-0.15, -0.1) is 0 Å². The molecule has 1 rings (SSSR count). The molecular formula is C13H18FN3O2. The van der Waals surface area contributed by atoms with Crippen molar-refractivity contribution in [3.63, 3.8) is 0 Å². The van der Waals surface area contributed by atoms with Crippen LogP contribution in [0.2, 0.25) is 0 Å². The van der Waals surface area contributed by atoms with Crippen LogP contribution in [0.25, 0.3) is 0 Å². The second-order valence-electron chi connectivity index (χ2n) is 4.34. The van der Waals surface area contributed by atoms with E-state index in [1.165, 1.54) is 18.2 Å². The van der Waals surface area contributed by atoms with Gasteiger partial charge in [0.25, 0.3) is 0 Å². The largest absolute Gasteiger partial charge is 0.352 e. The normalized spacial score (nSPS) is 13.4. The van der Waals surface area contributed by atoms with Crippen LogP contribution in [-0.2, 0) is 4.79 Å². The summed E-state index contributed by atoms with van der Waals surface area (Å²) in [6.45, 7) is 3.69. The Bertz CT molecular complexity index is 465. The van der Waals surface area contributed by atoms with E-state index in [4.69, 9.17) is 5.73 Å². The Hall–Kier alpha value is -2.11. The molecule has 0 fully saturated rings. The molecular weight excluding hydrogens is 249 g/mol. The highest BCUT2D eigenvalue weighted by molar-refractivity contribution is 5.97. The molecule has 104 valence electrons. The number of hydrogen-bond acceptors (Lipinski definition) is 2. The molecule has 0 saturated heterocycles. The van der Waals surface area contributed by atoms with E-state index >= 15 is 0 Å². The summed E-state index contributed by atoms with van der Waals surface area (Å²) in [6, 6.07) is 4.26. The molecule has 3 amide bonds. The van der Waals surface area contributed by atoms with Crippen molar-refractivity contribution in [1.82, 2.24) is 5.32 Å². The van der Waals surface area contributed by atoms with Crippen molar-refractivity contribution in [3.8, 4) is 0 Å². The first kappa shape index (κ1) is 14.9. The lowest BCUT2D eigenvalue weighted by Crippen LogP contribution is -2.49. The third-order valence-corrected chi connectivity index (χ3v) is 2.92. The number of hydrogen-bond donors (Lipinski definition) is 3. The predicted octanol–water partition coefficient (Wildman–Crippen LogP) is 1.85. The van der Waals surface area contributed by atoms with E-state index in [0.717, 1.165) is 0 Å². The zero-order chi connectivity index (χ0) is 14.4. The summed E-state index contributed by atoms with van der Waals surface area (Å²) >= 11 is 0. The molecule has 0 aromatic heterocycles. The summed E-state index contributed by atoms with van der Waals surface area (Å²) in [5, 5.41) is 4.82. The average Bonchev–Trinajstić information content (AvgIpc) is 2.37. The number of anilines is 1. The highest BCUT2D eigenvalue weighted by atomic mass is 19.1. The van der Waals surface area contributed by atoms with Crippen LogP contribution in [0.1, 0.15) is 20.3 Å². The molecule has 0 saturated carbocycles. The Labute approximate surface area is 111 Å². The van der Waals surface area contributed by atoms with Gasteiger partial charge in [0, 0.05) is 0 Å². The Morgan fingerprint density at radius 3 is 2.53 bits per heavy atom. The molecule has 0 radical (unpaired) electrons. The van der Waals surface area contributed by atoms with Crippen LogP contribution in [0.3, 0.4) is 0 Å². The highest BCUT2D eigenvalue weighted by Crippen LogP contribution is 2.15. The fraction of sp³-hybridized carbons (Fsp3) is 0.385. The van der Waals surface area contributed by atoms with Crippen molar-refractivity contribution in [2.45, 2.75) is 26.3 Å². The zero-order valence-electron chi connectivity index (χ0n) is 10.9. The summed E-state index contributed by atoms with van der Waals surface area (Å²) in [5.74, 6) is -1.13. The second kappa shape index (κ2) is 6.72. The van der Waals surface area contributed by atoms with Crippen molar-refractivity contribution >= 4 is 17.6 Å².